The van der Waals surface area contributed by atoms with Gasteiger partial charge >= 0.3 is 6.03 Å². The predicted octanol–water partition coefficient (Wildman–Crippen LogP) is 1.84. The van der Waals surface area contributed by atoms with Crippen LogP contribution in [0.5, 0.6) is 5.75 Å². The number of nitrogens with two attached hydrogens (primary N) is 1. The van der Waals surface area contributed by atoms with E-state index in [-0.39, 0.29) is 17.6 Å². The minimum absolute atomic E-state index is 0.163. The van der Waals surface area contributed by atoms with Crippen LogP contribution in [0, 0.1) is 0 Å². The third-order valence-electron chi connectivity index (χ3n) is 2.29. The highest BCUT2D eigenvalue weighted by Gasteiger charge is 2.06. The Kier molecular flexibility index (Phi) is 5.38. The zero-order chi connectivity index (χ0) is 13.5. The number of hydrogen-bond acceptors (Lipinski definition) is 3. The highest BCUT2D eigenvalue weighted by atomic mass is 32.1. The molecular weight excluding hydrogens is 250 g/mol. The van der Waals surface area contributed by atoms with Crippen molar-refractivity contribution in [2.24, 2.45) is 5.73 Å². The molecule has 98 valence electrons. The van der Waals surface area contributed by atoms with Gasteiger partial charge in [0.1, 0.15) is 17.3 Å². The number of thiocarbonyl (C=S) groups is 1. The summed E-state index contributed by atoms with van der Waals surface area (Å²) in [6, 6.07) is 6.91. The van der Waals surface area contributed by atoms with Crippen molar-refractivity contribution in [1.29, 1.82) is 0 Å². The van der Waals surface area contributed by atoms with Gasteiger partial charge in [-0.05, 0) is 19.1 Å². The van der Waals surface area contributed by atoms with E-state index in [4.69, 9.17) is 22.7 Å². The molecule has 0 spiro atoms. The van der Waals surface area contributed by atoms with Crippen molar-refractivity contribution in [2.45, 2.75) is 6.92 Å². The molecule has 18 heavy (non-hydrogen) atoms. The molecule has 3 N–H and O–H groups in total. The summed E-state index contributed by atoms with van der Waals surface area (Å²) >= 11 is 4.72. The zero-order valence-electron chi connectivity index (χ0n) is 10.5. The second kappa shape index (κ2) is 6.80. The number of nitrogens with zero attached hydrogens (tertiary/aromatic N) is 1. The van der Waals surface area contributed by atoms with Crippen molar-refractivity contribution in [3.63, 3.8) is 0 Å². The number of benzene rings is 1. The van der Waals surface area contributed by atoms with Crippen LogP contribution in [0.15, 0.2) is 24.3 Å². The fourth-order valence-electron chi connectivity index (χ4n) is 1.18. The van der Waals surface area contributed by atoms with Crippen molar-refractivity contribution in [3.8, 4) is 5.75 Å². The maximum absolute atomic E-state index is 11.7. The fourth-order valence-corrected chi connectivity index (χ4v) is 1.24. The van der Waals surface area contributed by atoms with Gasteiger partial charge < -0.3 is 20.7 Å². The monoisotopic (exact) mass is 267 g/mol. The van der Waals surface area contributed by atoms with Crippen molar-refractivity contribution >= 4 is 28.9 Å². The Morgan fingerprint density at radius 3 is 2.89 bits per heavy atom. The quantitative estimate of drug-likeness (QED) is 0.799. The van der Waals surface area contributed by atoms with Crippen LogP contribution in [-0.2, 0) is 0 Å². The van der Waals surface area contributed by atoms with Gasteiger partial charge in [0, 0.05) is 25.3 Å². The van der Waals surface area contributed by atoms with Crippen LogP contribution in [0.1, 0.15) is 6.92 Å². The smallest absolute Gasteiger partial charge is 0.321 e. The Morgan fingerprint density at radius 1 is 1.56 bits per heavy atom. The van der Waals surface area contributed by atoms with Crippen LogP contribution < -0.4 is 15.8 Å². The zero-order valence-corrected chi connectivity index (χ0v) is 11.3. The lowest BCUT2D eigenvalue weighted by Gasteiger charge is -2.15. The molecule has 0 aliphatic rings. The predicted molar refractivity (Wildman–Crippen MR) is 76.0 cm³/mol. The second-order valence-corrected chi connectivity index (χ2v) is 4.25. The summed E-state index contributed by atoms with van der Waals surface area (Å²) in [6.45, 7) is 2.73. The molecule has 1 aromatic carbocycles. The van der Waals surface area contributed by atoms with Crippen LogP contribution in [0.2, 0.25) is 0 Å². The first-order valence-corrected chi connectivity index (χ1v) is 5.97. The van der Waals surface area contributed by atoms with E-state index in [0.717, 1.165) is 0 Å². The minimum atomic E-state index is -0.163. The summed E-state index contributed by atoms with van der Waals surface area (Å²) in [7, 11) is 1.72. The topological polar surface area (TPSA) is 67.6 Å². The Bertz CT molecular complexity index is 437. The molecule has 0 bridgehead atoms. The van der Waals surface area contributed by atoms with Gasteiger partial charge in [-0.15, -0.1) is 0 Å². The van der Waals surface area contributed by atoms with Crippen molar-refractivity contribution < 1.29 is 9.53 Å². The standard InChI is InChI=1S/C12H17N3O2S/c1-3-15(2)12(16)14-9-5-4-6-10(7-9)17-8-11(13)18/h4-7H,3,8H2,1-2H3,(H2,13,18)(H,14,16). The molecule has 0 fully saturated rings. The largest absolute Gasteiger partial charge is 0.486 e. The summed E-state index contributed by atoms with van der Waals surface area (Å²) in [5, 5.41) is 2.76. The molecule has 0 aromatic heterocycles. The average Bonchev–Trinajstić information content (AvgIpc) is 2.35. The molecule has 0 aliphatic carbocycles. The molecule has 6 heteroatoms. The van der Waals surface area contributed by atoms with Crippen molar-refractivity contribution in [3.05, 3.63) is 24.3 Å². The number of anilines is 1. The van der Waals surface area contributed by atoms with Gasteiger partial charge in [0.05, 0.1) is 0 Å². The van der Waals surface area contributed by atoms with E-state index in [9.17, 15) is 4.79 Å². The number of urea groups is 1. The Morgan fingerprint density at radius 2 is 2.28 bits per heavy atom. The van der Waals surface area contributed by atoms with E-state index in [0.29, 0.717) is 18.0 Å². The number of hydrogen-bond donors (Lipinski definition) is 2. The molecule has 1 aromatic rings. The number of rotatable bonds is 5. The van der Waals surface area contributed by atoms with Gasteiger partial charge in [-0.2, -0.15) is 0 Å². The molecule has 0 saturated heterocycles. The average molecular weight is 267 g/mol. The molecule has 0 radical (unpaired) electrons. The molecule has 0 heterocycles. The normalized spacial score (nSPS) is 9.67. The Labute approximate surface area is 112 Å². The summed E-state index contributed by atoms with van der Waals surface area (Å²) in [4.78, 5) is 13.5. The first kappa shape index (κ1) is 14.2. The van der Waals surface area contributed by atoms with Crippen molar-refractivity contribution in [2.75, 3.05) is 25.5 Å². The summed E-state index contributed by atoms with van der Waals surface area (Å²) in [5.74, 6) is 0.611. The lowest BCUT2D eigenvalue weighted by Crippen LogP contribution is -2.30. The number of ether oxygens (including phenoxy) is 1. The maximum Gasteiger partial charge on any atom is 0.321 e. The SMILES string of the molecule is CCN(C)C(=O)Nc1cccc(OCC(N)=S)c1. The number of nitrogens with one attached hydrogen (secondary N) is 1. The van der Waals surface area contributed by atoms with E-state index in [2.05, 4.69) is 5.32 Å². The Balaban J connectivity index is 2.64. The fraction of sp³-hybridized carbons (Fsp3) is 0.333. The van der Waals surface area contributed by atoms with Crippen LogP contribution >= 0.6 is 12.2 Å². The summed E-state index contributed by atoms with van der Waals surface area (Å²) in [5.41, 5.74) is 6.01. The van der Waals surface area contributed by atoms with E-state index >= 15 is 0 Å². The van der Waals surface area contributed by atoms with Gasteiger partial charge in [-0.3, -0.25) is 0 Å². The van der Waals surface area contributed by atoms with Gasteiger partial charge in [0.25, 0.3) is 0 Å². The van der Waals surface area contributed by atoms with E-state index in [1.54, 1.807) is 36.2 Å². The Hall–Kier alpha value is -1.82. The van der Waals surface area contributed by atoms with Crippen LogP contribution in [0.4, 0.5) is 10.5 Å². The molecule has 0 unspecified atom stereocenters. The van der Waals surface area contributed by atoms with Crippen LogP contribution in [-0.4, -0.2) is 36.1 Å². The highest BCUT2D eigenvalue weighted by Crippen LogP contribution is 2.17. The third-order valence-corrected chi connectivity index (χ3v) is 2.41. The molecule has 1 rings (SSSR count). The lowest BCUT2D eigenvalue weighted by molar-refractivity contribution is 0.224. The van der Waals surface area contributed by atoms with Crippen molar-refractivity contribution in [1.82, 2.24) is 4.90 Å². The van der Waals surface area contributed by atoms with Gasteiger partial charge in [-0.25, -0.2) is 4.79 Å². The number of carbonyl (C=O) groups excluding carboxylic acids is 1. The molecule has 0 atom stereocenters. The molecule has 0 saturated carbocycles. The lowest BCUT2D eigenvalue weighted by atomic mass is 10.3. The first-order valence-electron chi connectivity index (χ1n) is 5.56. The summed E-state index contributed by atoms with van der Waals surface area (Å²) < 4.78 is 5.35. The summed E-state index contributed by atoms with van der Waals surface area (Å²) in [6.07, 6.45) is 0. The first-order chi connectivity index (χ1) is 8.52. The molecule has 0 aliphatic heterocycles. The van der Waals surface area contributed by atoms with Gasteiger partial charge in [-0.1, -0.05) is 18.3 Å². The van der Waals surface area contributed by atoms with E-state index < -0.39 is 0 Å². The number of carbonyl (C=O) groups is 1. The van der Waals surface area contributed by atoms with Crippen LogP contribution in [0.3, 0.4) is 0 Å². The minimum Gasteiger partial charge on any atom is -0.486 e. The van der Waals surface area contributed by atoms with Gasteiger partial charge in [0.15, 0.2) is 0 Å². The second-order valence-electron chi connectivity index (χ2n) is 3.73. The number of amides is 2. The van der Waals surface area contributed by atoms with Gasteiger partial charge in [0.2, 0.25) is 0 Å². The molecule has 2 amide bonds. The molecule has 5 nitrogen and oxygen atoms in total. The van der Waals surface area contributed by atoms with E-state index in [1.165, 1.54) is 0 Å². The van der Waals surface area contributed by atoms with E-state index in [1.807, 2.05) is 6.92 Å². The molecular formula is C12H17N3O2S. The maximum atomic E-state index is 11.7. The highest BCUT2D eigenvalue weighted by molar-refractivity contribution is 7.80. The third kappa shape index (κ3) is 4.58. The van der Waals surface area contributed by atoms with Crippen LogP contribution in [0.25, 0.3) is 0 Å².